The topological polar surface area (TPSA) is 117 Å². The molecule has 0 aliphatic heterocycles. The first kappa shape index (κ1) is 22.7. The first-order chi connectivity index (χ1) is 15.2. The van der Waals surface area contributed by atoms with E-state index in [0.717, 1.165) is 35.0 Å². The highest BCUT2D eigenvalue weighted by Gasteiger charge is 2.23. The van der Waals surface area contributed by atoms with Crippen LogP contribution < -0.4 is 9.47 Å². The molecule has 0 bridgehead atoms. The molecule has 0 atom stereocenters. The monoisotopic (exact) mass is 455 g/mol. The van der Waals surface area contributed by atoms with Crippen molar-refractivity contribution in [3.63, 3.8) is 0 Å². The zero-order valence-corrected chi connectivity index (χ0v) is 18.1. The van der Waals surface area contributed by atoms with Crippen LogP contribution in [-0.4, -0.2) is 23.2 Å². The van der Waals surface area contributed by atoms with Gasteiger partial charge in [0, 0.05) is 12.3 Å². The summed E-state index contributed by atoms with van der Waals surface area (Å²) in [5, 5.41) is 22.4. The Kier molecular flexibility index (Phi) is 6.70. The van der Waals surface area contributed by atoms with Crippen molar-refractivity contribution in [2.75, 3.05) is 7.11 Å². The van der Waals surface area contributed by atoms with Crippen molar-refractivity contribution < 1.29 is 19.3 Å². The number of halogens is 1. The van der Waals surface area contributed by atoms with Crippen molar-refractivity contribution >= 4 is 34.9 Å². The number of rotatable bonds is 7. The molecular formula is C22H18ClN3O6. The summed E-state index contributed by atoms with van der Waals surface area (Å²) in [5.74, 6) is 0.0403. The minimum Gasteiger partial charge on any atom is -0.493 e. The van der Waals surface area contributed by atoms with Gasteiger partial charge in [-0.05, 0) is 60.9 Å². The van der Waals surface area contributed by atoms with Crippen LogP contribution in [0.2, 0.25) is 5.02 Å². The Morgan fingerprint density at radius 3 is 2.31 bits per heavy atom. The third kappa shape index (κ3) is 5.01. The van der Waals surface area contributed by atoms with Gasteiger partial charge in [-0.15, -0.1) is 0 Å². The quantitative estimate of drug-likeness (QED) is 0.233. The molecule has 164 valence electrons. The second-order valence-electron chi connectivity index (χ2n) is 6.83. The van der Waals surface area contributed by atoms with Gasteiger partial charge >= 0.3 is 5.69 Å². The van der Waals surface area contributed by atoms with Crippen LogP contribution in [0.15, 0.2) is 53.5 Å². The molecule has 32 heavy (non-hydrogen) atoms. The third-order valence-electron chi connectivity index (χ3n) is 4.67. The molecule has 0 fully saturated rings. The smallest absolute Gasteiger partial charge is 0.318 e. The van der Waals surface area contributed by atoms with Crippen molar-refractivity contribution in [3.8, 4) is 17.2 Å². The van der Waals surface area contributed by atoms with Crippen LogP contribution in [0.5, 0.6) is 17.2 Å². The fourth-order valence-corrected chi connectivity index (χ4v) is 3.08. The molecule has 0 spiro atoms. The lowest BCUT2D eigenvalue weighted by Crippen LogP contribution is -1.98. The molecule has 0 amide bonds. The van der Waals surface area contributed by atoms with Crippen LogP contribution in [0.4, 0.5) is 17.1 Å². The van der Waals surface area contributed by atoms with Crippen molar-refractivity contribution in [2.24, 2.45) is 4.99 Å². The van der Waals surface area contributed by atoms with Gasteiger partial charge in [-0.3, -0.25) is 25.2 Å². The van der Waals surface area contributed by atoms with E-state index in [1.165, 1.54) is 7.11 Å². The number of benzene rings is 3. The summed E-state index contributed by atoms with van der Waals surface area (Å²) in [5.41, 5.74) is 2.66. The molecule has 3 rings (SSSR count). The van der Waals surface area contributed by atoms with Gasteiger partial charge in [0.15, 0.2) is 11.5 Å². The van der Waals surface area contributed by atoms with Crippen molar-refractivity contribution in [1.82, 2.24) is 0 Å². The minimum atomic E-state index is -0.771. The molecule has 0 saturated carbocycles. The SMILES string of the molecule is COc1cc(C=Nc2ccc(C)c(C)c2)cc(Cl)c1Oc1ccc([N+](=O)[O-])cc1[N+](=O)[O-]. The lowest BCUT2D eigenvalue weighted by molar-refractivity contribution is -0.394. The van der Waals surface area contributed by atoms with E-state index in [0.29, 0.717) is 5.56 Å². The van der Waals surface area contributed by atoms with E-state index in [9.17, 15) is 20.2 Å². The number of non-ortho nitro benzene ring substituents is 1. The lowest BCUT2D eigenvalue weighted by atomic mass is 10.1. The van der Waals surface area contributed by atoms with E-state index >= 15 is 0 Å². The standard InChI is InChI=1S/C22H18ClN3O6/c1-13-4-5-16(8-14(13)2)24-12-15-9-18(23)22(21(10-15)31-3)32-20-7-6-17(25(27)28)11-19(20)26(29)30/h4-12H,1-3H3. The predicted molar refractivity (Wildman–Crippen MR) is 121 cm³/mol. The lowest BCUT2D eigenvalue weighted by Gasteiger charge is -2.13. The van der Waals surface area contributed by atoms with E-state index in [4.69, 9.17) is 21.1 Å². The highest BCUT2D eigenvalue weighted by molar-refractivity contribution is 6.32. The number of hydrogen-bond donors (Lipinski definition) is 0. The van der Waals surface area contributed by atoms with E-state index in [1.807, 2.05) is 32.0 Å². The first-order valence-corrected chi connectivity index (χ1v) is 9.67. The number of methoxy groups -OCH3 is 1. The molecule has 0 radical (unpaired) electrons. The summed E-state index contributed by atoms with van der Waals surface area (Å²) < 4.78 is 11.0. The van der Waals surface area contributed by atoms with Gasteiger partial charge in [-0.1, -0.05) is 17.7 Å². The van der Waals surface area contributed by atoms with Gasteiger partial charge < -0.3 is 9.47 Å². The Hall–Kier alpha value is -3.98. The van der Waals surface area contributed by atoms with Gasteiger partial charge in [0.05, 0.1) is 33.7 Å². The minimum absolute atomic E-state index is 0.0365. The molecule has 0 aromatic heterocycles. The van der Waals surface area contributed by atoms with Crippen LogP contribution in [0, 0.1) is 34.1 Å². The highest BCUT2D eigenvalue weighted by atomic mass is 35.5. The van der Waals surface area contributed by atoms with Crippen LogP contribution in [0.25, 0.3) is 0 Å². The number of nitro benzene ring substituents is 2. The average molecular weight is 456 g/mol. The molecule has 0 saturated heterocycles. The molecular weight excluding hydrogens is 438 g/mol. The molecule has 3 aromatic carbocycles. The molecule has 0 N–H and O–H groups in total. The van der Waals surface area contributed by atoms with E-state index in [-0.39, 0.29) is 22.3 Å². The average Bonchev–Trinajstić information content (AvgIpc) is 2.75. The van der Waals surface area contributed by atoms with Gasteiger partial charge in [-0.2, -0.15) is 0 Å². The summed E-state index contributed by atoms with van der Waals surface area (Å²) in [7, 11) is 1.40. The number of aryl methyl sites for hydroxylation is 2. The number of aliphatic imine (C=N–C) groups is 1. The van der Waals surface area contributed by atoms with Crippen LogP contribution >= 0.6 is 11.6 Å². The number of ether oxygens (including phenoxy) is 2. The summed E-state index contributed by atoms with van der Waals surface area (Å²) in [4.78, 5) is 25.2. The van der Waals surface area contributed by atoms with Gasteiger partial charge in [0.1, 0.15) is 0 Å². The van der Waals surface area contributed by atoms with Gasteiger partial charge in [-0.25, -0.2) is 0 Å². The Morgan fingerprint density at radius 2 is 1.69 bits per heavy atom. The van der Waals surface area contributed by atoms with Crippen molar-refractivity contribution in [3.05, 3.63) is 90.5 Å². The maximum absolute atomic E-state index is 11.4. The normalized spacial score (nSPS) is 10.9. The highest BCUT2D eigenvalue weighted by Crippen LogP contribution is 2.42. The molecule has 0 heterocycles. The maximum atomic E-state index is 11.4. The first-order valence-electron chi connectivity index (χ1n) is 9.29. The third-order valence-corrected chi connectivity index (χ3v) is 4.95. The van der Waals surface area contributed by atoms with Gasteiger partial charge in [0.25, 0.3) is 5.69 Å². The summed E-state index contributed by atoms with van der Waals surface area (Å²) in [6.07, 6.45) is 1.61. The maximum Gasteiger partial charge on any atom is 0.318 e. The fourth-order valence-electron chi connectivity index (χ4n) is 2.83. The van der Waals surface area contributed by atoms with Crippen LogP contribution in [0.3, 0.4) is 0 Å². The van der Waals surface area contributed by atoms with Crippen molar-refractivity contribution in [2.45, 2.75) is 13.8 Å². The molecule has 0 aliphatic rings. The predicted octanol–water partition coefficient (Wildman–Crippen LogP) is 6.32. The summed E-state index contributed by atoms with van der Waals surface area (Å²) >= 11 is 6.36. The summed E-state index contributed by atoms with van der Waals surface area (Å²) in [6.45, 7) is 4.01. The van der Waals surface area contributed by atoms with E-state index in [1.54, 1.807) is 18.3 Å². The Morgan fingerprint density at radius 1 is 0.938 bits per heavy atom. The van der Waals surface area contributed by atoms with E-state index < -0.39 is 21.2 Å². The number of nitro groups is 2. The molecule has 3 aromatic rings. The fraction of sp³-hybridized carbons (Fsp3) is 0.136. The van der Waals surface area contributed by atoms with E-state index in [2.05, 4.69) is 4.99 Å². The second kappa shape index (κ2) is 9.44. The molecule has 0 unspecified atom stereocenters. The molecule has 0 aliphatic carbocycles. The number of hydrogen-bond acceptors (Lipinski definition) is 7. The zero-order chi connectivity index (χ0) is 23.4. The summed E-state index contributed by atoms with van der Waals surface area (Å²) in [6, 6.07) is 12.1. The van der Waals surface area contributed by atoms with Crippen molar-refractivity contribution in [1.29, 1.82) is 0 Å². The molecule has 9 nitrogen and oxygen atoms in total. The largest absolute Gasteiger partial charge is 0.493 e. The Labute approximate surface area is 188 Å². The van der Waals surface area contributed by atoms with Gasteiger partial charge in [0.2, 0.25) is 5.75 Å². The Bertz CT molecular complexity index is 1240. The van der Waals surface area contributed by atoms with Crippen LogP contribution in [0.1, 0.15) is 16.7 Å². The number of nitrogens with zero attached hydrogens (tertiary/aromatic N) is 3. The Balaban J connectivity index is 1.95. The van der Waals surface area contributed by atoms with Crippen LogP contribution in [-0.2, 0) is 0 Å². The zero-order valence-electron chi connectivity index (χ0n) is 17.4. The molecule has 10 heteroatoms. The second-order valence-corrected chi connectivity index (χ2v) is 7.24.